The first-order valence-corrected chi connectivity index (χ1v) is 5.69. The molecular weight excluding hydrogens is 230 g/mol. The molecule has 0 aliphatic heterocycles. The van der Waals surface area contributed by atoms with Crippen LogP contribution in [0.1, 0.15) is 27.0 Å². The summed E-state index contributed by atoms with van der Waals surface area (Å²) in [5.41, 5.74) is 2.34. The maximum absolute atomic E-state index is 5.06. The van der Waals surface area contributed by atoms with Crippen LogP contribution in [-0.4, -0.2) is 7.05 Å². The summed E-state index contributed by atoms with van der Waals surface area (Å²) in [7, 11) is 1.97. The monoisotopic (exact) mass is 272 g/mol. The summed E-state index contributed by atoms with van der Waals surface area (Å²) in [6, 6.07) is 11.2. The van der Waals surface area contributed by atoms with Crippen molar-refractivity contribution in [1.82, 2.24) is 0 Å². The van der Waals surface area contributed by atoms with Crippen LogP contribution in [0.5, 0.6) is 0 Å². The molecule has 0 aromatic heterocycles. The maximum atomic E-state index is 5.06. The summed E-state index contributed by atoms with van der Waals surface area (Å²) in [5.74, 6) is 18.2. The van der Waals surface area contributed by atoms with E-state index in [0.717, 1.165) is 10.6 Å². The number of nitrogens with one attached hydrogen (secondary N) is 1. The van der Waals surface area contributed by atoms with E-state index < -0.39 is 0 Å². The van der Waals surface area contributed by atoms with Gasteiger partial charge in [0, 0.05) is 55.8 Å². The largest absolute Gasteiger partial charge is 1.00 e. The standard InChI is InChI=1S/C18H12N.14H2/c1-4-5-6-7-8-9-10-11-16-19(3)18-14-12-17(2)13-15-18;;;;;;;;;;;;;;/h1,4,12-15H,2-3H3;14*1H/q+1;;;;;;;;;;;;;;/p+2. The number of rotatable bonds is 1. The van der Waals surface area contributed by atoms with Gasteiger partial charge in [-0.25, -0.2) is 4.90 Å². The molecule has 1 nitrogen and oxygen atoms in total. The number of hydrogen-bond acceptors (Lipinski definition) is 0. The molecule has 1 rings (SSSR count). The van der Waals surface area contributed by atoms with Gasteiger partial charge in [-0.3, -0.25) is 0 Å². The molecule has 0 aliphatic carbocycles. The van der Waals surface area contributed by atoms with E-state index in [0.29, 0.717) is 0 Å². The van der Waals surface area contributed by atoms with Gasteiger partial charge in [-0.2, -0.15) is 0 Å². The normalized spacial score (nSPS) is 8.89. The van der Waals surface area contributed by atoms with Crippen molar-refractivity contribution in [2.75, 3.05) is 7.05 Å². The molecule has 0 heterocycles. The molecule has 116 valence electrons. The third-order valence-electron chi connectivity index (χ3n) is 2.20. The van der Waals surface area contributed by atoms with E-state index in [-0.39, 0.29) is 21.4 Å². The SMILES string of the molecule is [CH+]=CC#CC#CC#CC#C[NH+](C)c1ccc(C)cc1.[H+].[HH].[HH].[HH].[HH].[HH].[HH].[HH].[HH].[HH].[HH].[HH].[HH].[HH].[HH]. The molecule has 0 spiro atoms. The molecule has 0 bridgehead atoms. The highest BCUT2D eigenvalue weighted by Gasteiger charge is 2.00. The smallest absolute Gasteiger partial charge is 0.227 e. The van der Waals surface area contributed by atoms with Crippen LogP contribution in [0.15, 0.2) is 30.3 Å². The van der Waals surface area contributed by atoms with Crippen LogP contribution in [0.4, 0.5) is 5.69 Å². The molecule has 0 radical (unpaired) electrons. The van der Waals surface area contributed by atoms with Gasteiger partial charge < -0.3 is 0 Å². The lowest BCUT2D eigenvalue weighted by Gasteiger charge is -2.03. The van der Waals surface area contributed by atoms with Crippen molar-refractivity contribution in [3.05, 3.63) is 42.5 Å². The highest BCUT2D eigenvalue weighted by Crippen LogP contribution is 2.02. The van der Waals surface area contributed by atoms with Crippen molar-refractivity contribution < 1.29 is 26.3 Å². The zero-order chi connectivity index (χ0) is 13.9. The molecule has 1 aromatic carbocycles. The van der Waals surface area contributed by atoms with Crippen LogP contribution in [-0.2, 0) is 0 Å². The third-order valence-corrected chi connectivity index (χ3v) is 2.20. The Labute approximate surface area is 137 Å². The van der Waals surface area contributed by atoms with E-state index in [9.17, 15) is 0 Å². The van der Waals surface area contributed by atoms with Crippen molar-refractivity contribution in [3.63, 3.8) is 0 Å². The van der Waals surface area contributed by atoms with Crippen molar-refractivity contribution >= 4 is 5.69 Å². The molecule has 0 fully saturated rings. The molecule has 1 atom stereocenters. The Kier molecular flexibility index (Phi) is 6.10. The Hall–Kier alpha value is -2.93. The second-order valence-corrected chi connectivity index (χ2v) is 3.68. The minimum atomic E-state index is 0. The van der Waals surface area contributed by atoms with Gasteiger partial charge >= 0.3 is 1.43 Å². The second-order valence-electron chi connectivity index (χ2n) is 3.68. The average molecular weight is 273 g/mol. The zero-order valence-electron chi connectivity index (χ0n) is 12.0. The van der Waals surface area contributed by atoms with E-state index in [1.54, 1.807) is 0 Å². The second kappa shape index (κ2) is 8.20. The van der Waals surface area contributed by atoms with E-state index in [2.05, 4.69) is 66.5 Å². The fraction of sp³-hybridized carbons (Fsp3) is 0.111. The van der Waals surface area contributed by atoms with Gasteiger partial charge in [-0.15, -0.1) is 0 Å². The Bertz CT molecular complexity index is 711. The lowest BCUT2D eigenvalue weighted by atomic mass is 10.2. The number of allylic oxidation sites excluding steroid dienone is 1. The predicted octanol–water partition coefficient (Wildman–Crippen LogP) is 4.66. The highest BCUT2D eigenvalue weighted by atomic mass is 15.1. The van der Waals surface area contributed by atoms with Gasteiger partial charge in [-0.1, -0.05) is 17.7 Å². The first kappa shape index (κ1) is 14.1. The Morgan fingerprint density at radius 2 is 1.63 bits per heavy atom. The fourth-order valence-corrected chi connectivity index (χ4v) is 1.20. The summed E-state index contributed by atoms with van der Waals surface area (Å²) in [4.78, 5) is 0.986. The van der Waals surface area contributed by atoms with Crippen molar-refractivity contribution in [2.45, 2.75) is 6.92 Å². The summed E-state index contributed by atoms with van der Waals surface area (Å²) >= 11 is 0. The van der Waals surface area contributed by atoms with E-state index >= 15 is 0 Å². The van der Waals surface area contributed by atoms with E-state index in [1.807, 2.05) is 19.2 Å². The molecular formula is C18H42N+3. The van der Waals surface area contributed by atoms with Gasteiger partial charge in [0.2, 0.25) is 6.08 Å². The Morgan fingerprint density at radius 3 is 2.26 bits per heavy atom. The van der Waals surface area contributed by atoms with Crippen LogP contribution in [0, 0.1) is 61.0 Å². The van der Waals surface area contributed by atoms with Crippen LogP contribution in [0.2, 0.25) is 0 Å². The maximum Gasteiger partial charge on any atom is 1.00 e. The molecule has 0 amide bonds. The van der Waals surface area contributed by atoms with Crippen molar-refractivity contribution in [2.24, 2.45) is 0 Å². The van der Waals surface area contributed by atoms with Gasteiger partial charge in [0.15, 0.2) is 12.0 Å². The summed E-state index contributed by atoms with van der Waals surface area (Å²) in [6.45, 7) is 7.12. The molecule has 1 unspecified atom stereocenters. The number of hydrogen-bond donors (Lipinski definition) is 1. The number of aryl methyl sites for hydroxylation is 1. The number of benzene rings is 1. The first-order chi connectivity index (χ1) is 9.24. The first-order valence-electron chi connectivity index (χ1n) is 5.69. The Morgan fingerprint density at radius 1 is 1.05 bits per heavy atom. The van der Waals surface area contributed by atoms with Crippen LogP contribution >= 0.6 is 0 Å². The molecule has 1 N–H and O–H groups in total. The van der Waals surface area contributed by atoms with Gasteiger partial charge in [-0.05, 0) is 6.92 Å². The third kappa shape index (κ3) is 5.80. The van der Waals surface area contributed by atoms with Gasteiger partial charge in [0.1, 0.15) is 11.6 Å². The molecule has 0 saturated carbocycles. The quantitative estimate of drug-likeness (QED) is 0.560. The summed E-state index contributed by atoms with van der Waals surface area (Å²) in [6.07, 6.45) is 1.24. The summed E-state index contributed by atoms with van der Waals surface area (Å²) < 4.78 is 0. The van der Waals surface area contributed by atoms with E-state index in [1.165, 1.54) is 11.6 Å². The predicted molar refractivity (Wildman–Crippen MR) is 108 cm³/mol. The fourth-order valence-electron chi connectivity index (χ4n) is 1.20. The van der Waals surface area contributed by atoms with Crippen molar-refractivity contribution in [1.29, 1.82) is 0 Å². The molecule has 0 saturated heterocycles. The Balaban J connectivity index is -0.0000000185. The van der Waals surface area contributed by atoms with Crippen LogP contribution < -0.4 is 4.90 Å². The van der Waals surface area contributed by atoms with Gasteiger partial charge in [0.25, 0.3) is 0 Å². The lowest BCUT2D eigenvalue weighted by Crippen LogP contribution is -2.99. The summed E-state index contributed by atoms with van der Waals surface area (Å²) in [5, 5.41) is 0. The zero-order valence-corrected chi connectivity index (χ0v) is 11.0. The number of quaternary nitrogens is 1. The van der Waals surface area contributed by atoms with Crippen LogP contribution in [0.3, 0.4) is 0 Å². The molecule has 1 heteroatoms. The average Bonchev–Trinajstić information content (AvgIpc) is 2.42. The van der Waals surface area contributed by atoms with Crippen LogP contribution in [0.25, 0.3) is 0 Å². The lowest BCUT2D eigenvalue weighted by molar-refractivity contribution is -0.731. The minimum absolute atomic E-state index is 0. The van der Waals surface area contributed by atoms with Gasteiger partial charge in [0.05, 0.1) is 19.5 Å². The minimum Gasteiger partial charge on any atom is -0.227 e. The molecule has 19 heavy (non-hydrogen) atoms. The molecule has 0 aliphatic rings. The topological polar surface area (TPSA) is 4.44 Å². The molecule has 1 aromatic rings. The highest BCUT2D eigenvalue weighted by molar-refractivity contribution is 5.40. The van der Waals surface area contributed by atoms with Crippen molar-refractivity contribution in [3.8, 4) is 47.5 Å². The van der Waals surface area contributed by atoms with E-state index in [4.69, 9.17) is 6.58 Å².